The summed E-state index contributed by atoms with van der Waals surface area (Å²) in [6, 6.07) is 6.82. The minimum atomic E-state index is -0.167. The molecule has 2 nitrogen and oxygen atoms in total. The first-order chi connectivity index (χ1) is 5.74. The Kier molecular flexibility index (Phi) is 3.19. The highest BCUT2D eigenvalue weighted by Crippen LogP contribution is 2.08. The molecule has 1 unspecified atom stereocenters. The highest BCUT2D eigenvalue weighted by atomic mass is 19.1. The predicted octanol–water partition coefficient (Wildman–Crippen LogP) is 1.22. The Morgan fingerprint density at radius 1 is 1.50 bits per heavy atom. The van der Waals surface area contributed by atoms with E-state index in [4.69, 9.17) is 5.84 Å². The summed E-state index contributed by atoms with van der Waals surface area (Å²) < 4.78 is 13.0. The highest BCUT2D eigenvalue weighted by molar-refractivity contribution is 5.18. The van der Waals surface area contributed by atoms with E-state index in [1.54, 1.807) is 12.1 Å². The normalized spacial score (nSPS) is 12.9. The van der Waals surface area contributed by atoms with Crippen molar-refractivity contribution in [2.45, 2.75) is 19.4 Å². The molecule has 0 aliphatic carbocycles. The maximum absolute atomic E-state index is 13.0. The molecule has 66 valence electrons. The van der Waals surface area contributed by atoms with E-state index in [0.29, 0.717) is 12.0 Å². The topological polar surface area (TPSA) is 38.0 Å². The summed E-state index contributed by atoms with van der Waals surface area (Å²) >= 11 is 0. The fourth-order valence-corrected chi connectivity index (χ4v) is 1.05. The third kappa shape index (κ3) is 2.29. The standard InChI is InChI=1S/C9H13FN2/c1-7(12-11)6-8-4-2-3-5-9(8)10/h2-5,7,12H,6,11H2,1H3. The van der Waals surface area contributed by atoms with Gasteiger partial charge >= 0.3 is 0 Å². The van der Waals surface area contributed by atoms with Gasteiger partial charge in [-0.05, 0) is 25.0 Å². The van der Waals surface area contributed by atoms with Crippen LogP contribution in [0.3, 0.4) is 0 Å². The van der Waals surface area contributed by atoms with Crippen LogP contribution in [0.5, 0.6) is 0 Å². The SMILES string of the molecule is CC(Cc1ccccc1F)NN. The van der Waals surface area contributed by atoms with Crippen molar-refractivity contribution in [1.29, 1.82) is 0 Å². The fourth-order valence-electron chi connectivity index (χ4n) is 1.05. The lowest BCUT2D eigenvalue weighted by Crippen LogP contribution is -2.34. The fraction of sp³-hybridized carbons (Fsp3) is 0.333. The largest absolute Gasteiger partial charge is 0.271 e. The summed E-state index contributed by atoms with van der Waals surface area (Å²) in [7, 11) is 0. The van der Waals surface area contributed by atoms with Gasteiger partial charge in [-0.15, -0.1) is 0 Å². The van der Waals surface area contributed by atoms with Gasteiger partial charge < -0.3 is 0 Å². The Morgan fingerprint density at radius 3 is 2.75 bits per heavy atom. The van der Waals surface area contributed by atoms with Gasteiger partial charge in [0.25, 0.3) is 0 Å². The molecule has 0 radical (unpaired) electrons. The summed E-state index contributed by atoms with van der Waals surface area (Å²) in [4.78, 5) is 0. The van der Waals surface area contributed by atoms with Crippen LogP contribution >= 0.6 is 0 Å². The number of nitrogens with two attached hydrogens (primary N) is 1. The van der Waals surface area contributed by atoms with Crippen molar-refractivity contribution in [2.24, 2.45) is 5.84 Å². The number of hydrogen-bond acceptors (Lipinski definition) is 2. The van der Waals surface area contributed by atoms with Gasteiger partial charge in [0.1, 0.15) is 5.82 Å². The van der Waals surface area contributed by atoms with Gasteiger partial charge in [-0.25, -0.2) is 4.39 Å². The number of hydrazine groups is 1. The van der Waals surface area contributed by atoms with Gasteiger partial charge in [0.05, 0.1) is 0 Å². The molecular formula is C9H13FN2. The van der Waals surface area contributed by atoms with Crippen molar-refractivity contribution < 1.29 is 4.39 Å². The third-order valence-electron chi connectivity index (χ3n) is 1.77. The van der Waals surface area contributed by atoms with Crippen LogP contribution in [-0.2, 0) is 6.42 Å². The lowest BCUT2D eigenvalue weighted by molar-refractivity contribution is 0.541. The highest BCUT2D eigenvalue weighted by Gasteiger charge is 2.04. The number of hydrogen-bond donors (Lipinski definition) is 2. The summed E-state index contributed by atoms with van der Waals surface area (Å²) in [5, 5.41) is 0. The molecule has 0 aliphatic heterocycles. The molecule has 0 saturated heterocycles. The molecule has 0 aromatic heterocycles. The molecule has 1 atom stereocenters. The molecule has 0 amide bonds. The van der Waals surface area contributed by atoms with E-state index >= 15 is 0 Å². The molecule has 3 N–H and O–H groups in total. The smallest absolute Gasteiger partial charge is 0.126 e. The van der Waals surface area contributed by atoms with E-state index in [1.165, 1.54) is 6.07 Å². The van der Waals surface area contributed by atoms with Crippen molar-refractivity contribution in [2.75, 3.05) is 0 Å². The first-order valence-corrected chi connectivity index (χ1v) is 3.93. The molecule has 0 heterocycles. The van der Waals surface area contributed by atoms with Crippen molar-refractivity contribution >= 4 is 0 Å². The van der Waals surface area contributed by atoms with Crippen LogP contribution < -0.4 is 11.3 Å². The average molecular weight is 168 g/mol. The van der Waals surface area contributed by atoms with Crippen molar-refractivity contribution in [3.05, 3.63) is 35.6 Å². The molecule has 0 aliphatic rings. The Labute approximate surface area is 71.6 Å². The maximum atomic E-state index is 13.0. The van der Waals surface area contributed by atoms with E-state index < -0.39 is 0 Å². The lowest BCUT2D eigenvalue weighted by atomic mass is 10.1. The zero-order chi connectivity index (χ0) is 8.97. The monoisotopic (exact) mass is 168 g/mol. The van der Waals surface area contributed by atoms with Gasteiger partial charge in [-0.2, -0.15) is 0 Å². The molecule has 0 spiro atoms. The van der Waals surface area contributed by atoms with E-state index in [0.717, 1.165) is 0 Å². The van der Waals surface area contributed by atoms with Crippen LogP contribution in [0.2, 0.25) is 0 Å². The Bertz CT molecular complexity index is 250. The van der Waals surface area contributed by atoms with Crippen LogP contribution in [0.25, 0.3) is 0 Å². The van der Waals surface area contributed by atoms with Crippen molar-refractivity contribution in [1.82, 2.24) is 5.43 Å². The van der Waals surface area contributed by atoms with E-state index in [9.17, 15) is 4.39 Å². The van der Waals surface area contributed by atoms with Crippen LogP contribution in [-0.4, -0.2) is 6.04 Å². The second-order valence-corrected chi connectivity index (χ2v) is 2.86. The first-order valence-electron chi connectivity index (χ1n) is 3.93. The van der Waals surface area contributed by atoms with Crippen molar-refractivity contribution in [3.8, 4) is 0 Å². The lowest BCUT2D eigenvalue weighted by Gasteiger charge is -2.09. The van der Waals surface area contributed by atoms with Gasteiger partial charge in [0.15, 0.2) is 0 Å². The minimum Gasteiger partial charge on any atom is -0.271 e. The van der Waals surface area contributed by atoms with Crippen LogP contribution in [0, 0.1) is 5.82 Å². The number of benzene rings is 1. The quantitative estimate of drug-likeness (QED) is 0.526. The number of nitrogens with one attached hydrogen (secondary N) is 1. The summed E-state index contributed by atoms with van der Waals surface area (Å²) in [6.45, 7) is 1.91. The molecule has 1 aromatic rings. The van der Waals surface area contributed by atoms with E-state index in [-0.39, 0.29) is 11.9 Å². The molecular weight excluding hydrogens is 155 g/mol. The van der Waals surface area contributed by atoms with Gasteiger partial charge in [-0.1, -0.05) is 18.2 Å². The Morgan fingerprint density at radius 2 is 2.17 bits per heavy atom. The molecule has 0 fully saturated rings. The van der Waals surface area contributed by atoms with Crippen LogP contribution in [0.4, 0.5) is 4.39 Å². The summed E-state index contributed by atoms with van der Waals surface area (Å²) in [5.41, 5.74) is 3.27. The second-order valence-electron chi connectivity index (χ2n) is 2.86. The van der Waals surface area contributed by atoms with E-state index in [2.05, 4.69) is 5.43 Å². The molecule has 3 heteroatoms. The van der Waals surface area contributed by atoms with Gasteiger partial charge in [0, 0.05) is 6.04 Å². The van der Waals surface area contributed by atoms with Gasteiger partial charge in [0.2, 0.25) is 0 Å². The number of rotatable bonds is 3. The van der Waals surface area contributed by atoms with E-state index in [1.807, 2.05) is 13.0 Å². The second kappa shape index (κ2) is 4.18. The van der Waals surface area contributed by atoms with Crippen LogP contribution in [0.1, 0.15) is 12.5 Å². The van der Waals surface area contributed by atoms with Crippen molar-refractivity contribution in [3.63, 3.8) is 0 Å². The predicted molar refractivity (Wildman–Crippen MR) is 46.9 cm³/mol. The maximum Gasteiger partial charge on any atom is 0.126 e. The first kappa shape index (κ1) is 9.16. The van der Waals surface area contributed by atoms with Gasteiger partial charge in [-0.3, -0.25) is 11.3 Å². The third-order valence-corrected chi connectivity index (χ3v) is 1.77. The molecule has 0 saturated carbocycles. The zero-order valence-corrected chi connectivity index (χ0v) is 7.05. The zero-order valence-electron chi connectivity index (χ0n) is 7.05. The molecule has 1 rings (SSSR count). The Balaban J connectivity index is 2.69. The summed E-state index contributed by atoms with van der Waals surface area (Å²) in [5.74, 6) is 5.03. The Hall–Kier alpha value is -0.930. The average Bonchev–Trinajstić information content (AvgIpc) is 2.09. The van der Waals surface area contributed by atoms with Crippen LogP contribution in [0.15, 0.2) is 24.3 Å². The molecule has 1 aromatic carbocycles. The number of halogens is 1. The molecule has 12 heavy (non-hydrogen) atoms. The molecule has 0 bridgehead atoms. The summed E-state index contributed by atoms with van der Waals surface area (Å²) in [6.07, 6.45) is 0.614. The minimum absolute atomic E-state index is 0.0990.